The SMILES string of the molecule is CC[NH+](CC)CCn1c2ccccc2n2cc(-c3ccccc3)nc12. The van der Waals surface area contributed by atoms with Crippen molar-refractivity contribution in [1.82, 2.24) is 14.0 Å². The van der Waals surface area contributed by atoms with Gasteiger partial charge in [0.25, 0.3) is 0 Å². The molecule has 0 fully saturated rings. The predicted octanol–water partition coefficient (Wildman–Crippen LogP) is 2.88. The lowest BCUT2D eigenvalue weighted by atomic mass is 10.2. The molecule has 25 heavy (non-hydrogen) atoms. The molecule has 4 rings (SSSR count). The quantitative estimate of drug-likeness (QED) is 0.577. The zero-order chi connectivity index (χ0) is 17.2. The molecule has 2 heterocycles. The molecule has 0 saturated carbocycles. The van der Waals surface area contributed by atoms with Crippen molar-refractivity contribution < 1.29 is 4.90 Å². The van der Waals surface area contributed by atoms with Crippen molar-refractivity contribution in [1.29, 1.82) is 0 Å². The Bertz CT molecular complexity index is 977. The van der Waals surface area contributed by atoms with Crippen LogP contribution in [0.15, 0.2) is 60.8 Å². The average molecular weight is 333 g/mol. The van der Waals surface area contributed by atoms with E-state index < -0.39 is 0 Å². The number of para-hydroxylation sites is 2. The van der Waals surface area contributed by atoms with E-state index >= 15 is 0 Å². The van der Waals surface area contributed by atoms with Crippen molar-refractivity contribution in [2.45, 2.75) is 20.4 Å². The van der Waals surface area contributed by atoms with E-state index in [1.807, 2.05) is 6.07 Å². The van der Waals surface area contributed by atoms with Gasteiger partial charge in [-0.25, -0.2) is 4.98 Å². The minimum absolute atomic E-state index is 0.985. The standard InChI is InChI=1S/C21H24N4/c1-3-23(4-2)14-15-24-19-12-8-9-13-20(19)25-16-18(22-21(24)25)17-10-6-5-7-11-17/h5-13,16H,3-4,14-15H2,1-2H3/p+1. The van der Waals surface area contributed by atoms with Crippen molar-refractivity contribution >= 4 is 16.8 Å². The molecule has 0 radical (unpaired) electrons. The Kier molecular flexibility index (Phi) is 4.28. The summed E-state index contributed by atoms with van der Waals surface area (Å²) >= 11 is 0. The number of nitrogens with one attached hydrogen (secondary N) is 1. The Morgan fingerprint density at radius 2 is 1.56 bits per heavy atom. The van der Waals surface area contributed by atoms with E-state index in [1.54, 1.807) is 4.90 Å². The number of likely N-dealkylation sites (N-methyl/N-ethyl adjacent to an activating group) is 1. The van der Waals surface area contributed by atoms with Crippen LogP contribution < -0.4 is 4.90 Å². The fourth-order valence-electron chi connectivity index (χ4n) is 3.58. The summed E-state index contributed by atoms with van der Waals surface area (Å²) in [6.45, 7) is 8.94. The fraction of sp³-hybridized carbons (Fsp3) is 0.286. The second kappa shape index (κ2) is 6.73. The molecule has 0 bridgehead atoms. The largest absolute Gasteiger partial charge is 0.334 e. The Labute approximate surface area is 148 Å². The van der Waals surface area contributed by atoms with E-state index in [0.29, 0.717) is 0 Å². The van der Waals surface area contributed by atoms with Crippen LogP contribution in [-0.4, -0.2) is 33.6 Å². The molecule has 4 aromatic rings. The zero-order valence-electron chi connectivity index (χ0n) is 14.9. The zero-order valence-corrected chi connectivity index (χ0v) is 14.9. The molecule has 2 aromatic heterocycles. The Hall–Kier alpha value is -2.59. The van der Waals surface area contributed by atoms with E-state index in [-0.39, 0.29) is 0 Å². The molecular weight excluding hydrogens is 308 g/mol. The first-order valence-corrected chi connectivity index (χ1v) is 9.17. The maximum absolute atomic E-state index is 4.97. The number of imidazole rings is 2. The minimum Gasteiger partial charge on any atom is -0.334 e. The predicted molar refractivity (Wildman–Crippen MR) is 103 cm³/mol. The van der Waals surface area contributed by atoms with Crippen LogP contribution in [0, 0.1) is 0 Å². The number of nitrogens with zero attached hydrogens (tertiary/aromatic N) is 3. The highest BCUT2D eigenvalue weighted by atomic mass is 15.2. The molecule has 128 valence electrons. The molecule has 4 heteroatoms. The molecule has 0 amide bonds. The summed E-state index contributed by atoms with van der Waals surface area (Å²) in [6, 6.07) is 19.0. The summed E-state index contributed by atoms with van der Waals surface area (Å²) < 4.78 is 4.60. The third-order valence-corrected chi connectivity index (χ3v) is 5.12. The van der Waals surface area contributed by atoms with Gasteiger partial charge in [-0.1, -0.05) is 42.5 Å². The van der Waals surface area contributed by atoms with E-state index in [4.69, 9.17) is 4.98 Å². The number of hydrogen-bond acceptors (Lipinski definition) is 1. The van der Waals surface area contributed by atoms with Crippen LogP contribution in [0.2, 0.25) is 0 Å². The van der Waals surface area contributed by atoms with Crippen LogP contribution in [0.3, 0.4) is 0 Å². The highest BCUT2D eigenvalue weighted by molar-refractivity contribution is 5.82. The second-order valence-electron chi connectivity index (χ2n) is 6.51. The van der Waals surface area contributed by atoms with Crippen LogP contribution in [0.5, 0.6) is 0 Å². The van der Waals surface area contributed by atoms with Gasteiger partial charge in [0.15, 0.2) is 0 Å². The summed E-state index contributed by atoms with van der Waals surface area (Å²) in [5.74, 6) is 1.03. The van der Waals surface area contributed by atoms with E-state index in [9.17, 15) is 0 Å². The topological polar surface area (TPSA) is 26.7 Å². The normalized spacial score (nSPS) is 11.8. The number of fused-ring (bicyclic) bond motifs is 3. The summed E-state index contributed by atoms with van der Waals surface area (Å²) in [6.07, 6.45) is 2.16. The van der Waals surface area contributed by atoms with Crippen molar-refractivity contribution in [2.75, 3.05) is 19.6 Å². The summed E-state index contributed by atoms with van der Waals surface area (Å²) in [7, 11) is 0. The summed E-state index contributed by atoms with van der Waals surface area (Å²) in [4.78, 5) is 6.58. The molecule has 0 saturated heterocycles. The lowest BCUT2D eigenvalue weighted by Crippen LogP contribution is -3.11. The minimum atomic E-state index is 0.985. The molecule has 0 aliphatic heterocycles. The number of hydrogen-bond donors (Lipinski definition) is 1. The third kappa shape index (κ3) is 2.83. The van der Waals surface area contributed by atoms with Crippen molar-refractivity contribution in [3.63, 3.8) is 0 Å². The van der Waals surface area contributed by atoms with Crippen molar-refractivity contribution in [2.24, 2.45) is 0 Å². The average Bonchev–Trinajstić information content (AvgIpc) is 3.22. The van der Waals surface area contributed by atoms with E-state index in [0.717, 1.165) is 43.2 Å². The fourth-order valence-corrected chi connectivity index (χ4v) is 3.58. The van der Waals surface area contributed by atoms with Crippen LogP contribution in [0.4, 0.5) is 0 Å². The molecule has 0 unspecified atom stereocenters. The molecule has 0 aliphatic carbocycles. The maximum Gasteiger partial charge on any atom is 0.215 e. The molecule has 0 aliphatic rings. The second-order valence-corrected chi connectivity index (χ2v) is 6.51. The van der Waals surface area contributed by atoms with Gasteiger partial charge in [0, 0.05) is 11.8 Å². The van der Waals surface area contributed by atoms with Gasteiger partial charge in [-0.05, 0) is 26.0 Å². The molecule has 4 nitrogen and oxygen atoms in total. The smallest absolute Gasteiger partial charge is 0.215 e. The van der Waals surface area contributed by atoms with Gasteiger partial charge in [0.2, 0.25) is 5.78 Å². The van der Waals surface area contributed by atoms with Gasteiger partial charge in [-0.3, -0.25) is 4.40 Å². The number of benzene rings is 2. The van der Waals surface area contributed by atoms with Gasteiger partial charge in [-0.2, -0.15) is 0 Å². The van der Waals surface area contributed by atoms with Gasteiger partial charge in [0.05, 0.1) is 42.9 Å². The molecule has 0 spiro atoms. The van der Waals surface area contributed by atoms with Gasteiger partial charge in [0.1, 0.15) is 0 Å². The van der Waals surface area contributed by atoms with Crippen LogP contribution in [0.1, 0.15) is 13.8 Å². The van der Waals surface area contributed by atoms with Gasteiger partial charge >= 0.3 is 0 Å². The first kappa shape index (κ1) is 15.9. The maximum atomic E-state index is 4.97. The Morgan fingerprint density at radius 3 is 2.28 bits per heavy atom. The highest BCUT2D eigenvalue weighted by Crippen LogP contribution is 2.25. The first-order valence-electron chi connectivity index (χ1n) is 9.17. The lowest BCUT2D eigenvalue weighted by molar-refractivity contribution is -0.897. The Balaban J connectivity index is 1.82. The number of rotatable bonds is 6. The Morgan fingerprint density at radius 1 is 0.880 bits per heavy atom. The van der Waals surface area contributed by atoms with Crippen molar-refractivity contribution in [3.8, 4) is 11.3 Å². The summed E-state index contributed by atoms with van der Waals surface area (Å²) in [5, 5.41) is 0. The van der Waals surface area contributed by atoms with Crippen molar-refractivity contribution in [3.05, 3.63) is 60.8 Å². The summed E-state index contributed by atoms with van der Waals surface area (Å²) in [5.41, 5.74) is 4.68. The van der Waals surface area contributed by atoms with Crippen LogP contribution in [-0.2, 0) is 6.54 Å². The monoisotopic (exact) mass is 333 g/mol. The van der Waals surface area contributed by atoms with Gasteiger partial charge in [-0.15, -0.1) is 0 Å². The molecule has 1 N–H and O–H groups in total. The molecular formula is C21H25N4+. The number of quaternary nitrogens is 1. The van der Waals surface area contributed by atoms with Crippen LogP contribution >= 0.6 is 0 Å². The third-order valence-electron chi connectivity index (χ3n) is 5.12. The van der Waals surface area contributed by atoms with Gasteiger partial charge < -0.3 is 9.47 Å². The molecule has 2 aromatic carbocycles. The molecule has 0 atom stereocenters. The van der Waals surface area contributed by atoms with E-state index in [1.165, 1.54) is 11.0 Å². The lowest BCUT2D eigenvalue weighted by Gasteiger charge is -2.15. The van der Waals surface area contributed by atoms with Crippen LogP contribution in [0.25, 0.3) is 28.1 Å². The van der Waals surface area contributed by atoms with E-state index in [2.05, 4.69) is 77.5 Å². The first-order chi connectivity index (χ1) is 12.3. The highest BCUT2D eigenvalue weighted by Gasteiger charge is 2.15. The number of aromatic nitrogens is 3.